The molecule has 2 atom stereocenters. The maximum atomic E-state index is 6.02. The Morgan fingerprint density at radius 1 is 1.57 bits per heavy atom. The molecule has 1 aromatic rings. The molecule has 1 aliphatic heterocycles. The second-order valence-electron chi connectivity index (χ2n) is 3.67. The summed E-state index contributed by atoms with van der Waals surface area (Å²) in [4.78, 5) is 4.13. The number of aromatic nitrogens is 2. The zero-order chi connectivity index (χ0) is 9.97. The van der Waals surface area contributed by atoms with E-state index in [2.05, 4.69) is 10.1 Å². The molecule has 0 radical (unpaired) electrons. The van der Waals surface area contributed by atoms with Crippen molar-refractivity contribution in [3.05, 3.63) is 11.7 Å². The summed E-state index contributed by atoms with van der Waals surface area (Å²) in [5.74, 6) is 1.48. The maximum Gasteiger partial charge on any atom is 0.223 e. The highest BCUT2D eigenvalue weighted by molar-refractivity contribution is 4.95. The van der Waals surface area contributed by atoms with Gasteiger partial charge in [-0.15, -0.1) is 0 Å². The molecule has 2 rings (SSSR count). The van der Waals surface area contributed by atoms with Crippen molar-refractivity contribution in [2.75, 3.05) is 13.2 Å². The number of ether oxygens (including phenoxy) is 1. The number of rotatable bonds is 2. The Balaban J connectivity index is 2.03. The van der Waals surface area contributed by atoms with Gasteiger partial charge < -0.3 is 15.0 Å². The summed E-state index contributed by atoms with van der Waals surface area (Å²) in [6.45, 7) is 3.31. The molecule has 0 aromatic carbocycles. The van der Waals surface area contributed by atoms with Crippen LogP contribution in [-0.2, 0) is 4.74 Å². The van der Waals surface area contributed by atoms with Gasteiger partial charge in [-0.2, -0.15) is 4.98 Å². The molecule has 78 valence electrons. The lowest BCUT2D eigenvalue weighted by molar-refractivity contribution is 0.0433. The number of aryl methyl sites for hydroxylation is 1. The first-order valence-electron chi connectivity index (χ1n) is 4.91. The summed E-state index contributed by atoms with van der Waals surface area (Å²) in [5.41, 5.74) is 6.02. The van der Waals surface area contributed by atoms with Gasteiger partial charge >= 0.3 is 0 Å². The Labute approximate surface area is 82.6 Å². The van der Waals surface area contributed by atoms with E-state index in [1.807, 2.05) is 0 Å². The number of hydrogen-bond donors (Lipinski definition) is 1. The fourth-order valence-corrected chi connectivity index (χ4v) is 1.71. The van der Waals surface area contributed by atoms with Gasteiger partial charge in [0.05, 0.1) is 12.6 Å². The van der Waals surface area contributed by atoms with Crippen LogP contribution in [0.4, 0.5) is 0 Å². The van der Waals surface area contributed by atoms with E-state index in [4.69, 9.17) is 15.0 Å². The first kappa shape index (κ1) is 9.61. The summed E-state index contributed by atoms with van der Waals surface area (Å²) in [6, 6.07) is -0.159. The summed E-state index contributed by atoms with van der Waals surface area (Å²) in [6.07, 6.45) is 2.14. The average Bonchev–Trinajstić information content (AvgIpc) is 2.65. The Hall–Kier alpha value is -0.940. The molecule has 0 aliphatic carbocycles. The molecule has 0 spiro atoms. The molecule has 2 unspecified atom stereocenters. The molecule has 0 saturated carbocycles. The highest BCUT2D eigenvalue weighted by Gasteiger charge is 2.25. The predicted molar refractivity (Wildman–Crippen MR) is 49.5 cm³/mol. The Morgan fingerprint density at radius 2 is 2.43 bits per heavy atom. The van der Waals surface area contributed by atoms with E-state index in [1.54, 1.807) is 6.92 Å². The Bertz CT molecular complexity index is 294. The van der Waals surface area contributed by atoms with Gasteiger partial charge in [-0.3, -0.25) is 0 Å². The van der Waals surface area contributed by atoms with E-state index in [9.17, 15) is 0 Å². The lowest BCUT2D eigenvalue weighted by atomic mass is 9.94. The van der Waals surface area contributed by atoms with Crippen LogP contribution in [0.5, 0.6) is 0 Å². The van der Waals surface area contributed by atoms with Gasteiger partial charge in [0.15, 0.2) is 5.82 Å². The zero-order valence-electron chi connectivity index (χ0n) is 8.27. The first-order chi connectivity index (χ1) is 6.77. The second kappa shape index (κ2) is 4.06. The lowest BCUT2D eigenvalue weighted by Gasteiger charge is -2.25. The van der Waals surface area contributed by atoms with Crippen LogP contribution in [0.1, 0.15) is 30.6 Å². The van der Waals surface area contributed by atoms with Crippen molar-refractivity contribution in [1.29, 1.82) is 0 Å². The monoisotopic (exact) mass is 197 g/mol. The molecule has 1 fully saturated rings. The van der Waals surface area contributed by atoms with E-state index in [0.717, 1.165) is 19.4 Å². The van der Waals surface area contributed by atoms with Crippen LogP contribution in [0.25, 0.3) is 0 Å². The van der Waals surface area contributed by atoms with Crippen molar-refractivity contribution in [2.24, 2.45) is 11.7 Å². The largest absolute Gasteiger partial charge is 0.381 e. The zero-order valence-corrected chi connectivity index (χ0v) is 8.27. The third-order valence-electron chi connectivity index (χ3n) is 2.54. The van der Waals surface area contributed by atoms with Crippen LogP contribution in [0.3, 0.4) is 0 Å². The lowest BCUT2D eigenvalue weighted by Crippen LogP contribution is -2.29. The van der Waals surface area contributed by atoms with E-state index in [0.29, 0.717) is 24.2 Å². The molecule has 0 amide bonds. The summed E-state index contributed by atoms with van der Waals surface area (Å²) >= 11 is 0. The van der Waals surface area contributed by atoms with Crippen LogP contribution in [0, 0.1) is 12.8 Å². The molecular formula is C9H15N3O2. The summed E-state index contributed by atoms with van der Waals surface area (Å²) in [7, 11) is 0. The quantitative estimate of drug-likeness (QED) is 0.759. The standard InChI is InChI=1S/C9H15N3O2/c1-6-11-9(12-14-6)8(10)7-3-2-4-13-5-7/h7-8H,2-5,10H2,1H3. The van der Waals surface area contributed by atoms with E-state index < -0.39 is 0 Å². The molecular weight excluding hydrogens is 182 g/mol. The SMILES string of the molecule is Cc1nc(C(N)C2CCCOC2)no1. The highest BCUT2D eigenvalue weighted by Crippen LogP contribution is 2.24. The topological polar surface area (TPSA) is 74.2 Å². The molecule has 1 saturated heterocycles. The van der Waals surface area contributed by atoms with Crippen LogP contribution in [0.2, 0.25) is 0 Å². The number of nitrogens with two attached hydrogens (primary N) is 1. The van der Waals surface area contributed by atoms with E-state index >= 15 is 0 Å². The molecule has 14 heavy (non-hydrogen) atoms. The van der Waals surface area contributed by atoms with Crippen LogP contribution in [0.15, 0.2) is 4.52 Å². The highest BCUT2D eigenvalue weighted by atomic mass is 16.5. The van der Waals surface area contributed by atoms with Gasteiger partial charge in [-0.05, 0) is 12.8 Å². The van der Waals surface area contributed by atoms with Crippen molar-refractivity contribution in [3.63, 3.8) is 0 Å². The average molecular weight is 197 g/mol. The second-order valence-corrected chi connectivity index (χ2v) is 3.67. The van der Waals surface area contributed by atoms with E-state index in [1.165, 1.54) is 0 Å². The van der Waals surface area contributed by atoms with Gasteiger partial charge in [0.1, 0.15) is 0 Å². The fourth-order valence-electron chi connectivity index (χ4n) is 1.71. The molecule has 2 N–H and O–H groups in total. The molecule has 5 nitrogen and oxygen atoms in total. The van der Waals surface area contributed by atoms with Crippen LogP contribution < -0.4 is 5.73 Å². The molecule has 5 heteroatoms. The minimum absolute atomic E-state index is 0.159. The molecule has 1 aliphatic rings. The third kappa shape index (κ3) is 1.93. The van der Waals surface area contributed by atoms with Crippen LogP contribution in [-0.4, -0.2) is 23.4 Å². The van der Waals surface area contributed by atoms with Crippen LogP contribution >= 0.6 is 0 Å². The first-order valence-corrected chi connectivity index (χ1v) is 4.91. The van der Waals surface area contributed by atoms with Crippen molar-refractivity contribution >= 4 is 0 Å². The van der Waals surface area contributed by atoms with Crippen molar-refractivity contribution in [3.8, 4) is 0 Å². The van der Waals surface area contributed by atoms with Crippen molar-refractivity contribution in [2.45, 2.75) is 25.8 Å². The van der Waals surface area contributed by atoms with E-state index in [-0.39, 0.29) is 6.04 Å². The Morgan fingerprint density at radius 3 is 3.00 bits per heavy atom. The Kier molecular flexibility index (Phi) is 2.79. The van der Waals surface area contributed by atoms with Gasteiger partial charge in [0.25, 0.3) is 0 Å². The normalized spacial score (nSPS) is 24.9. The smallest absolute Gasteiger partial charge is 0.223 e. The molecule has 2 heterocycles. The number of nitrogens with zero attached hydrogens (tertiary/aromatic N) is 2. The maximum absolute atomic E-state index is 6.02. The van der Waals surface area contributed by atoms with Gasteiger partial charge in [-0.25, -0.2) is 0 Å². The van der Waals surface area contributed by atoms with Crippen molar-refractivity contribution < 1.29 is 9.26 Å². The summed E-state index contributed by atoms with van der Waals surface area (Å²) in [5, 5.41) is 3.82. The fraction of sp³-hybridized carbons (Fsp3) is 0.778. The van der Waals surface area contributed by atoms with Gasteiger partial charge in [-0.1, -0.05) is 5.16 Å². The predicted octanol–water partition coefficient (Wildman–Crippen LogP) is 0.804. The third-order valence-corrected chi connectivity index (χ3v) is 2.54. The molecule has 0 bridgehead atoms. The molecule has 1 aromatic heterocycles. The van der Waals surface area contributed by atoms with Gasteiger partial charge in [0.2, 0.25) is 5.89 Å². The number of hydrogen-bond acceptors (Lipinski definition) is 5. The van der Waals surface area contributed by atoms with Gasteiger partial charge in [0, 0.05) is 19.4 Å². The minimum atomic E-state index is -0.159. The van der Waals surface area contributed by atoms with Crippen molar-refractivity contribution in [1.82, 2.24) is 10.1 Å². The minimum Gasteiger partial charge on any atom is -0.381 e. The summed E-state index contributed by atoms with van der Waals surface area (Å²) < 4.78 is 10.3.